The summed E-state index contributed by atoms with van der Waals surface area (Å²) in [6.07, 6.45) is 0. The normalized spacial score (nSPS) is 11.5. The minimum absolute atomic E-state index is 0.482. The maximum absolute atomic E-state index is 11.9. The Morgan fingerprint density at radius 2 is 2.05 bits per heavy atom. The van der Waals surface area contributed by atoms with Gasteiger partial charge in [0.1, 0.15) is 5.75 Å². The number of carboxylic acid groups (broad SMARTS) is 1. The van der Waals surface area contributed by atoms with E-state index in [-0.39, 0.29) is 0 Å². The molecule has 104 valence electrons. The number of anilines is 1. The van der Waals surface area contributed by atoms with Gasteiger partial charge in [-0.1, -0.05) is 12.1 Å². The van der Waals surface area contributed by atoms with Gasteiger partial charge in [0.15, 0.2) is 6.04 Å². The van der Waals surface area contributed by atoms with E-state index in [2.05, 4.69) is 5.32 Å². The van der Waals surface area contributed by atoms with E-state index in [1.54, 1.807) is 24.3 Å². The highest BCUT2D eigenvalue weighted by Gasteiger charge is 2.22. The van der Waals surface area contributed by atoms with Crippen molar-refractivity contribution in [2.24, 2.45) is 0 Å². The molecular formula is C12H16N2O5. The van der Waals surface area contributed by atoms with Gasteiger partial charge in [-0.15, -0.1) is 0 Å². The number of benzene rings is 1. The molecule has 0 spiro atoms. The molecule has 0 heterocycles. The number of hydrogen-bond acceptors (Lipinski definition) is 4. The molecule has 1 atom stereocenters. The molecule has 0 unspecified atom stereocenters. The molecule has 0 bridgehead atoms. The van der Waals surface area contributed by atoms with Crippen molar-refractivity contribution in [3.8, 4) is 5.75 Å². The smallest absolute Gasteiger partial charge is 0.328 e. The lowest BCUT2D eigenvalue weighted by Gasteiger charge is -2.22. The minimum Gasteiger partial charge on any atom is -0.495 e. The van der Waals surface area contributed by atoms with Crippen molar-refractivity contribution >= 4 is 17.7 Å². The number of methoxy groups -OCH3 is 1. The number of nitrogens with one attached hydrogen (secondary N) is 1. The first kappa shape index (κ1) is 14.8. The molecular weight excluding hydrogens is 252 g/mol. The number of aliphatic carboxylic acids is 1. The molecule has 19 heavy (non-hydrogen) atoms. The van der Waals surface area contributed by atoms with Crippen LogP contribution < -0.4 is 15.0 Å². The van der Waals surface area contributed by atoms with Gasteiger partial charge in [0.05, 0.1) is 19.4 Å². The molecule has 0 saturated heterocycles. The Morgan fingerprint density at radius 3 is 2.58 bits per heavy atom. The van der Waals surface area contributed by atoms with Crippen LogP contribution in [0.3, 0.4) is 0 Å². The fourth-order valence-electron chi connectivity index (χ4n) is 1.45. The van der Waals surface area contributed by atoms with E-state index in [1.165, 1.54) is 19.1 Å². The summed E-state index contributed by atoms with van der Waals surface area (Å²) in [4.78, 5) is 23.8. The molecule has 0 radical (unpaired) electrons. The quantitative estimate of drug-likeness (QED) is 0.712. The van der Waals surface area contributed by atoms with Gasteiger partial charge in [0.2, 0.25) is 0 Å². The number of nitrogens with zero attached hydrogens (tertiary/aromatic N) is 1. The first-order valence-corrected chi connectivity index (χ1v) is 5.52. The number of rotatable bonds is 5. The zero-order valence-electron chi connectivity index (χ0n) is 10.7. The Bertz CT molecular complexity index is 463. The second kappa shape index (κ2) is 6.60. The second-order valence-electron chi connectivity index (χ2n) is 3.75. The van der Waals surface area contributed by atoms with Crippen molar-refractivity contribution < 1.29 is 24.5 Å². The number of carbonyl (C=O) groups is 2. The molecule has 7 heteroatoms. The predicted octanol–water partition coefficient (Wildman–Crippen LogP) is 0.287. The number of ether oxygens (including phenoxy) is 1. The summed E-state index contributed by atoms with van der Waals surface area (Å²) in [5.41, 5.74) is 0.490. The van der Waals surface area contributed by atoms with Gasteiger partial charge < -0.3 is 20.3 Å². The van der Waals surface area contributed by atoms with Crippen molar-refractivity contribution in [3.63, 3.8) is 0 Å². The van der Waals surface area contributed by atoms with Crippen LogP contribution in [-0.2, 0) is 4.79 Å². The third kappa shape index (κ3) is 3.59. The molecule has 0 fully saturated rings. The van der Waals surface area contributed by atoms with Crippen LogP contribution >= 0.6 is 0 Å². The van der Waals surface area contributed by atoms with Crippen LogP contribution in [0, 0.1) is 0 Å². The molecule has 0 aliphatic carbocycles. The predicted molar refractivity (Wildman–Crippen MR) is 68.4 cm³/mol. The molecule has 0 aliphatic rings. The average Bonchev–Trinajstić information content (AvgIpc) is 2.43. The Labute approximate surface area is 110 Å². The zero-order chi connectivity index (χ0) is 14.4. The van der Waals surface area contributed by atoms with Gasteiger partial charge in [0.25, 0.3) is 0 Å². The summed E-state index contributed by atoms with van der Waals surface area (Å²) in [6, 6.07) is 4.83. The molecule has 3 N–H and O–H groups in total. The number of amides is 2. The van der Waals surface area contributed by atoms with E-state index in [0.29, 0.717) is 11.4 Å². The van der Waals surface area contributed by atoms with Crippen molar-refractivity contribution in [1.29, 1.82) is 0 Å². The van der Waals surface area contributed by atoms with Crippen LogP contribution in [0.4, 0.5) is 10.5 Å². The van der Waals surface area contributed by atoms with E-state index in [1.807, 2.05) is 0 Å². The Morgan fingerprint density at radius 1 is 1.42 bits per heavy atom. The molecule has 1 aromatic rings. The monoisotopic (exact) mass is 268 g/mol. The van der Waals surface area contributed by atoms with Crippen LogP contribution in [0.25, 0.3) is 0 Å². The van der Waals surface area contributed by atoms with E-state index in [9.17, 15) is 9.59 Å². The SMILES string of the molecule is COc1ccccc1N(C)C(=O)N[C@@H](CO)C(=O)O. The van der Waals surface area contributed by atoms with Crippen LogP contribution in [0.15, 0.2) is 24.3 Å². The van der Waals surface area contributed by atoms with Crippen LogP contribution in [-0.4, -0.2) is 49.0 Å². The Hall–Kier alpha value is -2.28. The maximum atomic E-state index is 11.9. The topological polar surface area (TPSA) is 99.1 Å². The van der Waals surface area contributed by atoms with Crippen LogP contribution in [0.2, 0.25) is 0 Å². The van der Waals surface area contributed by atoms with E-state index < -0.39 is 24.6 Å². The molecule has 0 saturated carbocycles. The largest absolute Gasteiger partial charge is 0.495 e. The minimum atomic E-state index is -1.34. The highest BCUT2D eigenvalue weighted by molar-refractivity contribution is 5.95. The lowest BCUT2D eigenvalue weighted by atomic mass is 10.2. The summed E-state index contributed by atoms with van der Waals surface area (Å²) >= 11 is 0. The standard InChI is InChI=1S/C12H16N2O5/c1-14(9-5-3-4-6-10(9)19-2)12(18)13-8(7-15)11(16)17/h3-6,8,15H,7H2,1-2H3,(H,13,18)(H,16,17)/t8-/m0/s1. The van der Waals surface area contributed by atoms with Crippen molar-refractivity contribution in [1.82, 2.24) is 5.32 Å². The Kier molecular flexibility index (Phi) is 5.13. The number of aliphatic hydroxyl groups excluding tert-OH is 1. The molecule has 1 rings (SSSR count). The van der Waals surface area contributed by atoms with Crippen molar-refractivity contribution in [2.75, 3.05) is 25.7 Å². The number of para-hydroxylation sites is 2. The zero-order valence-corrected chi connectivity index (χ0v) is 10.7. The van der Waals surface area contributed by atoms with Gasteiger partial charge in [-0.05, 0) is 12.1 Å². The third-order valence-corrected chi connectivity index (χ3v) is 2.53. The highest BCUT2D eigenvalue weighted by atomic mass is 16.5. The fraction of sp³-hybridized carbons (Fsp3) is 0.333. The third-order valence-electron chi connectivity index (χ3n) is 2.53. The summed E-state index contributed by atoms with van der Waals surface area (Å²) < 4.78 is 5.11. The molecule has 7 nitrogen and oxygen atoms in total. The molecule has 2 amide bonds. The number of carboxylic acids is 1. The number of aliphatic hydroxyl groups is 1. The lowest BCUT2D eigenvalue weighted by Crippen LogP contribution is -2.48. The first-order chi connectivity index (χ1) is 9.01. The van der Waals surface area contributed by atoms with Crippen molar-refractivity contribution in [2.45, 2.75) is 6.04 Å². The van der Waals surface area contributed by atoms with E-state index >= 15 is 0 Å². The van der Waals surface area contributed by atoms with Crippen LogP contribution in [0.1, 0.15) is 0 Å². The number of carbonyl (C=O) groups excluding carboxylic acids is 1. The fourth-order valence-corrected chi connectivity index (χ4v) is 1.45. The first-order valence-electron chi connectivity index (χ1n) is 5.52. The van der Waals surface area contributed by atoms with E-state index in [0.717, 1.165) is 0 Å². The number of hydrogen-bond donors (Lipinski definition) is 3. The van der Waals surface area contributed by atoms with Gasteiger partial charge >= 0.3 is 12.0 Å². The van der Waals surface area contributed by atoms with Gasteiger partial charge in [-0.2, -0.15) is 0 Å². The van der Waals surface area contributed by atoms with Crippen molar-refractivity contribution in [3.05, 3.63) is 24.3 Å². The summed E-state index contributed by atoms with van der Waals surface area (Å²) in [7, 11) is 2.95. The van der Waals surface area contributed by atoms with Crippen LogP contribution in [0.5, 0.6) is 5.75 Å². The number of urea groups is 1. The van der Waals surface area contributed by atoms with Gasteiger partial charge in [-0.25, -0.2) is 9.59 Å². The second-order valence-corrected chi connectivity index (χ2v) is 3.75. The summed E-state index contributed by atoms with van der Waals surface area (Å²) in [5.74, 6) is -0.819. The molecule has 0 aromatic heterocycles. The maximum Gasteiger partial charge on any atom is 0.328 e. The summed E-state index contributed by atoms with van der Waals surface area (Å²) in [6.45, 7) is -0.680. The summed E-state index contributed by atoms with van der Waals surface area (Å²) in [5, 5.41) is 19.8. The van der Waals surface area contributed by atoms with Gasteiger partial charge in [0, 0.05) is 7.05 Å². The molecule has 1 aromatic carbocycles. The Balaban J connectivity index is 2.84. The highest BCUT2D eigenvalue weighted by Crippen LogP contribution is 2.26. The average molecular weight is 268 g/mol. The molecule has 0 aliphatic heterocycles. The lowest BCUT2D eigenvalue weighted by molar-refractivity contribution is -0.140. The van der Waals surface area contributed by atoms with E-state index in [4.69, 9.17) is 14.9 Å². The van der Waals surface area contributed by atoms with Gasteiger partial charge in [-0.3, -0.25) is 4.90 Å².